The SMILES string of the molecule is CC(=O)Nc1ccc(NS(C)(=O)=O)c(C(=O)NCC(C)CN2CCCCC2)c1. The van der Waals surface area contributed by atoms with E-state index < -0.39 is 10.0 Å². The van der Waals surface area contributed by atoms with Gasteiger partial charge in [0.05, 0.1) is 17.5 Å². The minimum atomic E-state index is -3.54. The first kappa shape index (κ1) is 22.2. The van der Waals surface area contributed by atoms with Crippen LogP contribution in [0.4, 0.5) is 11.4 Å². The van der Waals surface area contributed by atoms with Crippen LogP contribution in [-0.4, -0.2) is 57.6 Å². The number of hydrogen-bond acceptors (Lipinski definition) is 5. The molecule has 1 aliphatic rings. The Morgan fingerprint density at radius 3 is 2.46 bits per heavy atom. The van der Waals surface area contributed by atoms with Crippen LogP contribution in [0.25, 0.3) is 0 Å². The highest BCUT2D eigenvalue weighted by Gasteiger charge is 2.18. The molecule has 1 atom stereocenters. The Bertz CT molecular complexity index is 804. The summed E-state index contributed by atoms with van der Waals surface area (Å²) >= 11 is 0. The van der Waals surface area contributed by atoms with E-state index in [1.165, 1.54) is 38.3 Å². The first-order valence-corrected chi connectivity index (χ1v) is 11.4. The molecule has 0 aliphatic carbocycles. The van der Waals surface area contributed by atoms with E-state index in [-0.39, 0.29) is 29.0 Å². The summed E-state index contributed by atoms with van der Waals surface area (Å²) in [5.74, 6) is -0.388. The Morgan fingerprint density at radius 1 is 1.18 bits per heavy atom. The molecular weight excluding hydrogens is 380 g/mol. The van der Waals surface area contributed by atoms with Crippen molar-refractivity contribution in [2.75, 3.05) is 42.5 Å². The van der Waals surface area contributed by atoms with E-state index in [0.717, 1.165) is 25.9 Å². The molecule has 3 N–H and O–H groups in total. The van der Waals surface area contributed by atoms with Crippen LogP contribution in [0.2, 0.25) is 0 Å². The van der Waals surface area contributed by atoms with Gasteiger partial charge >= 0.3 is 0 Å². The Labute approximate surface area is 167 Å². The van der Waals surface area contributed by atoms with Gasteiger partial charge in [0, 0.05) is 25.7 Å². The lowest BCUT2D eigenvalue weighted by Gasteiger charge is -2.29. The van der Waals surface area contributed by atoms with Gasteiger partial charge in [-0.1, -0.05) is 13.3 Å². The van der Waals surface area contributed by atoms with Crippen molar-refractivity contribution < 1.29 is 18.0 Å². The molecule has 8 nitrogen and oxygen atoms in total. The fourth-order valence-corrected chi connectivity index (χ4v) is 3.89. The van der Waals surface area contributed by atoms with Crippen LogP contribution in [0.1, 0.15) is 43.5 Å². The van der Waals surface area contributed by atoms with Gasteiger partial charge in [-0.3, -0.25) is 14.3 Å². The predicted molar refractivity (Wildman–Crippen MR) is 111 cm³/mol. The lowest BCUT2D eigenvalue weighted by Crippen LogP contribution is -2.38. The molecule has 1 saturated heterocycles. The zero-order valence-electron chi connectivity index (χ0n) is 16.7. The number of carbonyl (C=O) groups is 2. The zero-order valence-corrected chi connectivity index (χ0v) is 17.6. The number of nitrogens with zero attached hydrogens (tertiary/aromatic N) is 1. The van der Waals surface area contributed by atoms with Gasteiger partial charge in [0.25, 0.3) is 5.91 Å². The zero-order chi connectivity index (χ0) is 20.7. The van der Waals surface area contributed by atoms with E-state index in [4.69, 9.17) is 0 Å². The molecule has 1 aromatic carbocycles. The van der Waals surface area contributed by atoms with Crippen molar-refractivity contribution in [1.82, 2.24) is 10.2 Å². The topological polar surface area (TPSA) is 108 Å². The van der Waals surface area contributed by atoms with E-state index in [1.54, 1.807) is 6.07 Å². The third kappa shape index (κ3) is 7.47. The van der Waals surface area contributed by atoms with Crippen LogP contribution in [0.5, 0.6) is 0 Å². The Morgan fingerprint density at radius 2 is 1.86 bits per heavy atom. The quantitative estimate of drug-likeness (QED) is 0.606. The van der Waals surface area contributed by atoms with E-state index >= 15 is 0 Å². The summed E-state index contributed by atoms with van der Waals surface area (Å²) in [4.78, 5) is 26.4. The lowest BCUT2D eigenvalue weighted by molar-refractivity contribution is -0.114. The fourth-order valence-electron chi connectivity index (χ4n) is 3.31. The molecule has 0 bridgehead atoms. The van der Waals surface area contributed by atoms with Crippen LogP contribution in [0, 0.1) is 5.92 Å². The number of hydrogen-bond donors (Lipinski definition) is 3. The van der Waals surface area contributed by atoms with Crippen molar-refractivity contribution in [2.45, 2.75) is 33.1 Å². The summed E-state index contributed by atoms with van der Waals surface area (Å²) < 4.78 is 25.6. The molecule has 1 aromatic rings. The molecule has 0 aromatic heterocycles. The summed E-state index contributed by atoms with van der Waals surface area (Å²) in [6.45, 7) is 7.04. The number of nitrogens with one attached hydrogen (secondary N) is 3. The summed E-state index contributed by atoms with van der Waals surface area (Å²) in [6.07, 6.45) is 4.74. The summed E-state index contributed by atoms with van der Waals surface area (Å²) in [6, 6.07) is 4.49. The third-order valence-electron chi connectivity index (χ3n) is 4.51. The number of carbonyl (C=O) groups excluding carboxylic acids is 2. The van der Waals surface area contributed by atoms with Gasteiger partial charge in [-0.2, -0.15) is 0 Å². The average Bonchev–Trinajstić information content (AvgIpc) is 2.60. The van der Waals surface area contributed by atoms with E-state index in [1.807, 2.05) is 0 Å². The van der Waals surface area contributed by atoms with Crippen molar-refractivity contribution in [3.05, 3.63) is 23.8 Å². The highest BCUT2D eigenvalue weighted by Crippen LogP contribution is 2.22. The molecule has 1 heterocycles. The minimum absolute atomic E-state index is 0.168. The number of anilines is 2. The molecular formula is C19H30N4O4S. The number of amides is 2. The average molecular weight is 411 g/mol. The molecule has 28 heavy (non-hydrogen) atoms. The third-order valence-corrected chi connectivity index (χ3v) is 5.10. The molecule has 2 amide bonds. The van der Waals surface area contributed by atoms with Crippen LogP contribution in [-0.2, 0) is 14.8 Å². The fraction of sp³-hybridized carbons (Fsp3) is 0.579. The second-order valence-electron chi connectivity index (χ2n) is 7.49. The molecule has 0 saturated carbocycles. The first-order chi connectivity index (χ1) is 13.1. The second kappa shape index (κ2) is 9.88. The molecule has 1 fully saturated rings. The largest absolute Gasteiger partial charge is 0.352 e. The second-order valence-corrected chi connectivity index (χ2v) is 9.24. The first-order valence-electron chi connectivity index (χ1n) is 9.54. The maximum absolute atomic E-state index is 12.7. The van der Waals surface area contributed by atoms with Crippen LogP contribution in [0.3, 0.4) is 0 Å². The van der Waals surface area contributed by atoms with E-state index in [9.17, 15) is 18.0 Å². The summed E-state index contributed by atoms with van der Waals surface area (Å²) in [7, 11) is -3.54. The number of piperidine rings is 1. The van der Waals surface area contributed by atoms with Gasteiger partial charge in [-0.05, 0) is 50.0 Å². The van der Waals surface area contributed by atoms with E-state index in [2.05, 4.69) is 27.2 Å². The van der Waals surface area contributed by atoms with Crippen molar-refractivity contribution in [3.63, 3.8) is 0 Å². The summed E-state index contributed by atoms with van der Waals surface area (Å²) in [5, 5.41) is 5.49. The molecule has 0 spiro atoms. The standard InChI is InChI=1S/C19H30N4O4S/c1-14(13-23-9-5-4-6-10-23)12-20-19(25)17-11-16(21-15(2)24)7-8-18(17)22-28(3,26)27/h7-8,11,14,22H,4-6,9-10,12-13H2,1-3H3,(H,20,25)(H,21,24). The van der Waals surface area contributed by atoms with Crippen molar-refractivity contribution in [1.29, 1.82) is 0 Å². The smallest absolute Gasteiger partial charge is 0.253 e. The van der Waals surface area contributed by atoms with Crippen molar-refractivity contribution in [2.24, 2.45) is 5.92 Å². The number of likely N-dealkylation sites (tertiary alicyclic amines) is 1. The Balaban J connectivity index is 2.06. The maximum atomic E-state index is 12.7. The van der Waals surface area contributed by atoms with Crippen molar-refractivity contribution in [3.8, 4) is 0 Å². The maximum Gasteiger partial charge on any atom is 0.253 e. The van der Waals surface area contributed by atoms with Crippen LogP contribution in [0.15, 0.2) is 18.2 Å². The van der Waals surface area contributed by atoms with Crippen LogP contribution >= 0.6 is 0 Å². The molecule has 9 heteroatoms. The van der Waals surface area contributed by atoms with Gasteiger partial charge < -0.3 is 15.5 Å². The normalized spacial score (nSPS) is 16.2. The summed E-state index contributed by atoms with van der Waals surface area (Å²) in [5.41, 5.74) is 0.776. The number of rotatable bonds is 8. The minimum Gasteiger partial charge on any atom is -0.352 e. The van der Waals surface area contributed by atoms with Gasteiger partial charge in [0.1, 0.15) is 0 Å². The van der Waals surface area contributed by atoms with Gasteiger partial charge in [0.2, 0.25) is 15.9 Å². The number of sulfonamides is 1. The van der Waals surface area contributed by atoms with E-state index in [0.29, 0.717) is 12.2 Å². The van der Waals surface area contributed by atoms with Gasteiger partial charge in [-0.15, -0.1) is 0 Å². The Hall–Kier alpha value is -2.13. The lowest BCUT2D eigenvalue weighted by atomic mass is 10.1. The van der Waals surface area contributed by atoms with Crippen molar-refractivity contribution >= 4 is 33.2 Å². The van der Waals surface area contributed by atoms with Gasteiger partial charge in [0.15, 0.2) is 0 Å². The van der Waals surface area contributed by atoms with Crippen LogP contribution < -0.4 is 15.4 Å². The number of benzene rings is 1. The molecule has 1 aliphatic heterocycles. The Kier molecular flexibility index (Phi) is 7.82. The molecule has 2 rings (SSSR count). The molecule has 1 unspecified atom stereocenters. The highest BCUT2D eigenvalue weighted by atomic mass is 32.2. The predicted octanol–water partition coefficient (Wildman–Crippen LogP) is 1.87. The highest BCUT2D eigenvalue weighted by molar-refractivity contribution is 7.92. The monoisotopic (exact) mass is 410 g/mol. The van der Waals surface area contributed by atoms with Gasteiger partial charge in [-0.25, -0.2) is 8.42 Å². The molecule has 0 radical (unpaired) electrons. The molecule has 156 valence electrons.